The third kappa shape index (κ3) is 7.43. The lowest BCUT2D eigenvalue weighted by Gasteiger charge is -2.18. The zero-order valence-electron chi connectivity index (χ0n) is 15.3. The first-order valence-corrected chi connectivity index (χ1v) is 10.3. The summed E-state index contributed by atoms with van der Waals surface area (Å²) in [5.74, 6) is -2.47. The maximum atomic E-state index is 14.7. The largest absolute Gasteiger partial charge is 0.494 e. The van der Waals surface area contributed by atoms with Crippen LogP contribution in [0.1, 0.15) is 17.5 Å². The molecule has 29 heavy (non-hydrogen) atoms. The van der Waals surface area contributed by atoms with Crippen LogP contribution in [0.4, 0.5) is 8.78 Å². The second-order valence-corrected chi connectivity index (χ2v) is 7.02. The van der Waals surface area contributed by atoms with Gasteiger partial charge in [0.25, 0.3) is 16.9 Å². The summed E-state index contributed by atoms with van der Waals surface area (Å²) in [6.07, 6.45) is -0.486. The fourth-order valence-corrected chi connectivity index (χ4v) is 2.68. The van der Waals surface area contributed by atoms with E-state index in [1.165, 1.54) is 48.5 Å². The molecule has 0 aliphatic rings. The van der Waals surface area contributed by atoms with Gasteiger partial charge in [-0.2, -0.15) is 8.78 Å². The Bertz CT molecular complexity index is 820. The maximum Gasteiger partial charge on any atom is 0.298 e. The molecule has 10 heteroatoms. The Morgan fingerprint density at radius 3 is 1.93 bits per heavy atom. The molecule has 2 aromatic rings. The predicted octanol–water partition coefficient (Wildman–Crippen LogP) is 3.12. The van der Waals surface area contributed by atoms with Crippen molar-refractivity contribution in [2.75, 3.05) is 25.7 Å². The Morgan fingerprint density at radius 1 is 0.931 bits per heavy atom. The van der Waals surface area contributed by atoms with Crippen LogP contribution in [0.25, 0.3) is 0 Å². The number of benzene rings is 2. The van der Waals surface area contributed by atoms with E-state index in [4.69, 9.17) is 21.1 Å². The molecule has 0 amide bonds. The summed E-state index contributed by atoms with van der Waals surface area (Å²) in [5, 5.41) is 9.36. The SMILES string of the molecule is O=[SH](=O)OCCCOc1ccc(C(F)(F)c2ccc(OCC(O)CCl)cc2)cc1. The van der Waals surface area contributed by atoms with Gasteiger partial charge in [-0.15, -0.1) is 11.6 Å². The average Bonchev–Trinajstić information content (AvgIpc) is 2.72. The highest BCUT2D eigenvalue weighted by Crippen LogP contribution is 2.37. The van der Waals surface area contributed by atoms with Gasteiger partial charge < -0.3 is 14.6 Å². The normalized spacial score (nSPS) is 12.7. The van der Waals surface area contributed by atoms with E-state index in [0.29, 0.717) is 17.9 Å². The van der Waals surface area contributed by atoms with Gasteiger partial charge >= 0.3 is 0 Å². The van der Waals surface area contributed by atoms with Crippen LogP contribution < -0.4 is 9.47 Å². The zero-order valence-corrected chi connectivity index (χ0v) is 17.0. The van der Waals surface area contributed by atoms with E-state index in [1.54, 1.807) is 0 Å². The third-order valence-electron chi connectivity index (χ3n) is 3.81. The monoisotopic (exact) mass is 450 g/mol. The second kappa shape index (κ2) is 11.3. The Balaban J connectivity index is 1.94. The van der Waals surface area contributed by atoms with Crippen LogP contribution in [0.3, 0.4) is 0 Å². The van der Waals surface area contributed by atoms with Crippen molar-refractivity contribution in [2.45, 2.75) is 18.4 Å². The van der Waals surface area contributed by atoms with E-state index in [0.717, 1.165) is 0 Å². The van der Waals surface area contributed by atoms with Gasteiger partial charge in [-0.1, -0.05) is 0 Å². The van der Waals surface area contributed by atoms with Crippen molar-refractivity contribution < 1.29 is 36.0 Å². The standard InChI is InChI=1S/C19H21ClF2O6S/c20-12-16(23)13-27-18-8-4-15(5-9-18)19(21,22)14-2-6-17(7-3-14)26-10-1-11-28-29(24)25/h2-9,16,23,29H,1,10-13H2. The van der Waals surface area contributed by atoms with Gasteiger partial charge in [0.05, 0.1) is 19.1 Å². The molecule has 2 rings (SSSR count). The van der Waals surface area contributed by atoms with Crippen molar-refractivity contribution in [3.05, 3.63) is 59.7 Å². The van der Waals surface area contributed by atoms with Gasteiger partial charge in [0, 0.05) is 17.5 Å². The molecule has 6 nitrogen and oxygen atoms in total. The van der Waals surface area contributed by atoms with Gasteiger partial charge in [-0.25, -0.2) is 8.42 Å². The number of aliphatic hydroxyl groups is 1. The Hall–Kier alpha value is -1.94. The van der Waals surface area contributed by atoms with E-state index in [2.05, 4.69) is 4.18 Å². The molecule has 0 spiro atoms. The topological polar surface area (TPSA) is 82.1 Å². The van der Waals surface area contributed by atoms with E-state index in [-0.39, 0.29) is 36.8 Å². The van der Waals surface area contributed by atoms with Crippen molar-refractivity contribution in [1.29, 1.82) is 0 Å². The maximum absolute atomic E-state index is 14.7. The molecular formula is C19H21ClF2O6S. The first-order valence-electron chi connectivity index (χ1n) is 8.68. The number of alkyl halides is 3. The Labute approximate surface area is 174 Å². The summed E-state index contributed by atoms with van der Waals surface area (Å²) in [7, 11) is -2.88. The average molecular weight is 451 g/mol. The van der Waals surface area contributed by atoms with Crippen molar-refractivity contribution in [3.8, 4) is 11.5 Å². The minimum Gasteiger partial charge on any atom is -0.494 e. The fraction of sp³-hybridized carbons (Fsp3) is 0.368. The molecule has 0 saturated heterocycles. The summed E-state index contributed by atoms with van der Waals surface area (Å²) in [5.41, 5.74) is -0.414. The molecule has 0 radical (unpaired) electrons. The summed E-state index contributed by atoms with van der Waals surface area (Å²) in [6, 6.07) is 10.7. The van der Waals surface area contributed by atoms with Crippen molar-refractivity contribution in [2.24, 2.45) is 0 Å². The first-order chi connectivity index (χ1) is 13.8. The number of thiol groups is 1. The number of rotatable bonds is 12. The molecule has 0 bridgehead atoms. The van der Waals surface area contributed by atoms with Gasteiger partial charge in [0.1, 0.15) is 24.2 Å². The zero-order chi connectivity index (χ0) is 21.3. The fourth-order valence-electron chi connectivity index (χ4n) is 2.31. The minimum absolute atomic E-state index is 0.000590. The minimum atomic E-state index is -3.22. The molecule has 1 unspecified atom stereocenters. The molecule has 0 saturated carbocycles. The molecule has 160 valence electrons. The Morgan fingerprint density at radius 2 is 1.45 bits per heavy atom. The molecule has 0 aromatic heterocycles. The van der Waals surface area contributed by atoms with Crippen LogP contribution in [0.15, 0.2) is 48.5 Å². The van der Waals surface area contributed by atoms with Crippen LogP contribution in [0.5, 0.6) is 11.5 Å². The van der Waals surface area contributed by atoms with Crippen molar-refractivity contribution in [3.63, 3.8) is 0 Å². The van der Waals surface area contributed by atoms with E-state index in [9.17, 15) is 22.3 Å². The smallest absolute Gasteiger partial charge is 0.298 e. The quantitative estimate of drug-likeness (QED) is 0.294. The molecule has 0 heterocycles. The number of hydrogen-bond donors (Lipinski definition) is 2. The molecule has 2 aromatic carbocycles. The highest BCUT2D eigenvalue weighted by molar-refractivity contribution is 7.67. The van der Waals surface area contributed by atoms with Crippen molar-refractivity contribution >= 4 is 22.6 Å². The van der Waals surface area contributed by atoms with Crippen molar-refractivity contribution in [1.82, 2.24) is 0 Å². The van der Waals surface area contributed by atoms with Crippen LogP contribution in [0.2, 0.25) is 0 Å². The first kappa shape index (κ1) is 23.3. The Kier molecular flexibility index (Phi) is 9.09. The van der Waals surface area contributed by atoms with Crippen LogP contribution >= 0.6 is 11.6 Å². The van der Waals surface area contributed by atoms with Gasteiger partial charge in [-0.3, -0.25) is 4.18 Å². The lowest BCUT2D eigenvalue weighted by Crippen LogP contribution is -2.19. The summed E-state index contributed by atoms with van der Waals surface area (Å²) < 4.78 is 65.0. The van der Waals surface area contributed by atoms with Crippen LogP contribution in [0, 0.1) is 0 Å². The summed E-state index contributed by atoms with van der Waals surface area (Å²) in [6.45, 7) is 0.167. The second-order valence-electron chi connectivity index (χ2n) is 6.00. The number of aliphatic hydroxyl groups excluding tert-OH is 1. The molecule has 0 aliphatic heterocycles. The lowest BCUT2D eigenvalue weighted by molar-refractivity contribution is 0.0427. The van der Waals surface area contributed by atoms with Gasteiger partial charge in [-0.05, 0) is 48.5 Å². The highest BCUT2D eigenvalue weighted by atomic mass is 35.5. The number of hydrogen-bond acceptors (Lipinski definition) is 6. The number of halogens is 3. The lowest BCUT2D eigenvalue weighted by atomic mass is 10.0. The molecule has 1 N–H and O–H groups in total. The van der Waals surface area contributed by atoms with Gasteiger partial charge in [0.15, 0.2) is 0 Å². The summed E-state index contributed by atoms with van der Waals surface area (Å²) in [4.78, 5) is 0. The highest BCUT2D eigenvalue weighted by Gasteiger charge is 2.33. The summed E-state index contributed by atoms with van der Waals surface area (Å²) >= 11 is 5.47. The van der Waals surface area contributed by atoms with Crippen LogP contribution in [-0.4, -0.2) is 45.3 Å². The molecule has 0 aliphatic carbocycles. The molecular weight excluding hydrogens is 430 g/mol. The molecule has 1 atom stereocenters. The van der Waals surface area contributed by atoms with E-state index >= 15 is 0 Å². The van der Waals surface area contributed by atoms with Crippen LogP contribution in [-0.2, 0) is 21.1 Å². The molecule has 0 fully saturated rings. The third-order valence-corrected chi connectivity index (χ3v) is 4.56. The van der Waals surface area contributed by atoms with Gasteiger partial charge in [0.2, 0.25) is 0 Å². The van der Waals surface area contributed by atoms with E-state index < -0.39 is 23.0 Å². The number of ether oxygens (including phenoxy) is 2. The van der Waals surface area contributed by atoms with E-state index in [1.807, 2.05) is 0 Å². The predicted molar refractivity (Wildman–Crippen MR) is 104 cm³/mol.